The first-order valence-electron chi connectivity index (χ1n) is 11.5. The quantitative estimate of drug-likeness (QED) is 0.390. The number of hydrogen-bond acceptors (Lipinski definition) is 3. The maximum Gasteiger partial charge on any atom is 0.254 e. The van der Waals surface area contributed by atoms with Crippen LogP contribution in [0.2, 0.25) is 0 Å². The smallest absolute Gasteiger partial charge is 0.254 e. The van der Waals surface area contributed by atoms with E-state index in [0.717, 1.165) is 31.6 Å². The first kappa shape index (κ1) is 23.3. The fraction of sp³-hybridized carbons (Fsp3) is 0.500. The summed E-state index contributed by atoms with van der Waals surface area (Å²) in [5, 5.41) is 0. The first-order chi connectivity index (χ1) is 15.2. The zero-order valence-corrected chi connectivity index (χ0v) is 18.5. The largest absolute Gasteiger partial charge is 0.494 e. The Balaban J connectivity index is 1.60. The van der Waals surface area contributed by atoms with Crippen molar-refractivity contribution >= 4 is 5.91 Å². The molecule has 1 saturated heterocycles. The van der Waals surface area contributed by atoms with Crippen LogP contribution in [-0.4, -0.2) is 36.7 Å². The minimum Gasteiger partial charge on any atom is -0.494 e. The van der Waals surface area contributed by atoms with Gasteiger partial charge >= 0.3 is 0 Å². The number of amides is 1. The molecule has 1 aliphatic heterocycles. The number of carbonyl (C=O) groups excluding carboxylic acids is 1. The number of nitrogens with zero attached hydrogens (tertiary/aromatic N) is 1. The molecule has 1 fully saturated rings. The zero-order chi connectivity index (χ0) is 21.9. The molecular formula is C26H34FNO3. The molecule has 1 unspecified atom stereocenters. The third-order valence-electron chi connectivity index (χ3n) is 5.67. The average molecular weight is 428 g/mol. The molecule has 0 radical (unpaired) electrons. The summed E-state index contributed by atoms with van der Waals surface area (Å²) in [4.78, 5) is 14.9. The van der Waals surface area contributed by atoms with Gasteiger partial charge in [-0.05, 0) is 49.6 Å². The molecule has 31 heavy (non-hydrogen) atoms. The lowest BCUT2D eigenvalue weighted by Gasteiger charge is -2.26. The lowest BCUT2D eigenvalue weighted by Crippen LogP contribution is -2.37. The van der Waals surface area contributed by atoms with Gasteiger partial charge in [-0.15, -0.1) is 0 Å². The Morgan fingerprint density at radius 2 is 1.87 bits per heavy atom. The van der Waals surface area contributed by atoms with Crippen molar-refractivity contribution in [2.24, 2.45) is 0 Å². The number of ether oxygens (including phenoxy) is 2. The number of unbranched alkanes of at least 4 members (excludes halogenated alkanes) is 4. The lowest BCUT2D eigenvalue weighted by molar-refractivity contribution is 0.0505. The molecule has 1 atom stereocenters. The lowest BCUT2D eigenvalue weighted by atomic mass is 10.1. The van der Waals surface area contributed by atoms with Gasteiger partial charge in [0.15, 0.2) is 0 Å². The molecule has 0 aromatic heterocycles. The Bertz CT molecular complexity index is 803. The summed E-state index contributed by atoms with van der Waals surface area (Å²) in [6.07, 6.45) is 7.89. The van der Waals surface area contributed by atoms with Gasteiger partial charge in [0.05, 0.1) is 12.7 Å². The van der Waals surface area contributed by atoms with E-state index >= 15 is 0 Å². The Morgan fingerprint density at radius 3 is 2.58 bits per heavy atom. The molecule has 1 amide bonds. The molecule has 4 nitrogen and oxygen atoms in total. The minimum atomic E-state index is -0.296. The molecule has 0 aliphatic carbocycles. The number of rotatable bonds is 12. The second-order valence-corrected chi connectivity index (χ2v) is 8.20. The van der Waals surface area contributed by atoms with Crippen LogP contribution in [-0.2, 0) is 11.3 Å². The van der Waals surface area contributed by atoms with Crippen LogP contribution in [0.25, 0.3) is 0 Å². The maximum absolute atomic E-state index is 14.2. The summed E-state index contributed by atoms with van der Waals surface area (Å²) in [7, 11) is 0. The normalized spacial score (nSPS) is 15.7. The maximum atomic E-state index is 14.2. The summed E-state index contributed by atoms with van der Waals surface area (Å²) in [6, 6.07) is 13.9. The van der Waals surface area contributed by atoms with E-state index < -0.39 is 0 Å². The van der Waals surface area contributed by atoms with Gasteiger partial charge in [-0.1, -0.05) is 50.8 Å². The van der Waals surface area contributed by atoms with Crippen molar-refractivity contribution in [1.82, 2.24) is 4.90 Å². The van der Waals surface area contributed by atoms with Crippen molar-refractivity contribution in [3.05, 3.63) is 65.5 Å². The van der Waals surface area contributed by atoms with E-state index in [4.69, 9.17) is 9.47 Å². The topological polar surface area (TPSA) is 38.8 Å². The van der Waals surface area contributed by atoms with E-state index in [-0.39, 0.29) is 24.4 Å². The van der Waals surface area contributed by atoms with Crippen molar-refractivity contribution in [3.63, 3.8) is 0 Å². The highest BCUT2D eigenvalue weighted by molar-refractivity contribution is 5.94. The van der Waals surface area contributed by atoms with Crippen LogP contribution >= 0.6 is 0 Å². The Morgan fingerprint density at radius 1 is 1.10 bits per heavy atom. The highest BCUT2D eigenvalue weighted by Gasteiger charge is 2.24. The van der Waals surface area contributed by atoms with Gasteiger partial charge in [0.25, 0.3) is 5.91 Å². The van der Waals surface area contributed by atoms with Crippen molar-refractivity contribution in [2.75, 3.05) is 19.8 Å². The Kier molecular flexibility index (Phi) is 9.35. The summed E-state index contributed by atoms with van der Waals surface area (Å²) < 4.78 is 25.7. The van der Waals surface area contributed by atoms with Crippen molar-refractivity contribution in [2.45, 2.75) is 64.5 Å². The number of benzene rings is 2. The second kappa shape index (κ2) is 12.5. The fourth-order valence-electron chi connectivity index (χ4n) is 3.86. The molecular weight excluding hydrogens is 393 g/mol. The predicted octanol–water partition coefficient (Wildman–Crippen LogP) is 6.00. The molecule has 1 aliphatic rings. The van der Waals surface area contributed by atoms with Crippen LogP contribution in [0.3, 0.4) is 0 Å². The van der Waals surface area contributed by atoms with Gasteiger partial charge in [-0.25, -0.2) is 4.39 Å². The highest BCUT2D eigenvalue weighted by Crippen LogP contribution is 2.20. The molecule has 0 bridgehead atoms. The molecule has 0 saturated carbocycles. The third kappa shape index (κ3) is 7.35. The number of carbonyl (C=O) groups is 1. The fourth-order valence-corrected chi connectivity index (χ4v) is 3.86. The SMILES string of the molecule is CCCCCCCOc1ccc(C(=O)N(Cc2ccccc2F)CC2CCCO2)cc1. The van der Waals surface area contributed by atoms with Gasteiger partial charge in [0, 0.05) is 30.8 Å². The summed E-state index contributed by atoms with van der Waals surface area (Å²) in [5.74, 6) is 0.354. The number of hydrogen-bond donors (Lipinski definition) is 0. The molecule has 3 rings (SSSR count). The van der Waals surface area contributed by atoms with E-state index in [1.165, 1.54) is 31.7 Å². The van der Waals surface area contributed by atoms with E-state index in [2.05, 4.69) is 6.92 Å². The van der Waals surface area contributed by atoms with E-state index in [0.29, 0.717) is 24.3 Å². The highest BCUT2D eigenvalue weighted by atomic mass is 19.1. The van der Waals surface area contributed by atoms with Gasteiger partial charge < -0.3 is 14.4 Å². The molecule has 0 N–H and O–H groups in total. The Labute approximate surface area is 185 Å². The van der Waals surface area contributed by atoms with Crippen LogP contribution in [0.1, 0.15) is 67.8 Å². The molecule has 2 aromatic rings. The zero-order valence-electron chi connectivity index (χ0n) is 18.5. The molecule has 168 valence electrons. The van der Waals surface area contributed by atoms with E-state index in [1.807, 2.05) is 12.1 Å². The Hall–Kier alpha value is -2.40. The van der Waals surface area contributed by atoms with Crippen LogP contribution < -0.4 is 4.74 Å². The van der Waals surface area contributed by atoms with Gasteiger partial charge in [-0.3, -0.25) is 4.79 Å². The van der Waals surface area contributed by atoms with Crippen molar-refractivity contribution < 1.29 is 18.7 Å². The second-order valence-electron chi connectivity index (χ2n) is 8.20. The monoisotopic (exact) mass is 427 g/mol. The van der Waals surface area contributed by atoms with Gasteiger partial charge in [0.2, 0.25) is 0 Å². The summed E-state index contributed by atoms with van der Waals surface area (Å²) >= 11 is 0. The minimum absolute atomic E-state index is 0.00559. The van der Waals surface area contributed by atoms with E-state index in [1.54, 1.807) is 35.2 Å². The van der Waals surface area contributed by atoms with Crippen molar-refractivity contribution in [1.29, 1.82) is 0 Å². The summed E-state index contributed by atoms with van der Waals surface area (Å²) in [5.41, 5.74) is 1.08. The average Bonchev–Trinajstić information content (AvgIpc) is 3.30. The molecule has 1 heterocycles. The van der Waals surface area contributed by atoms with Gasteiger partial charge in [-0.2, -0.15) is 0 Å². The molecule has 2 aromatic carbocycles. The van der Waals surface area contributed by atoms with Crippen LogP contribution in [0.4, 0.5) is 4.39 Å². The molecule has 5 heteroatoms. The first-order valence-corrected chi connectivity index (χ1v) is 11.5. The van der Waals surface area contributed by atoms with E-state index in [9.17, 15) is 9.18 Å². The van der Waals surface area contributed by atoms with Crippen LogP contribution in [0, 0.1) is 5.82 Å². The van der Waals surface area contributed by atoms with Crippen LogP contribution in [0.5, 0.6) is 5.75 Å². The molecule has 0 spiro atoms. The number of halogens is 1. The predicted molar refractivity (Wildman–Crippen MR) is 121 cm³/mol. The third-order valence-corrected chi connectivity index (χ3v) is 5.67. The summed E-state index contributed by atoms with van der Waals surface area (Å²) in [6.45, 7) is 4.30. The van der Waals surface area contributed by atoms with Gasteiger partial charge in [0.1, 0.15) is 11.6 Å². The van der Waals surface area contributed by atoms with Crippen LogP contribution in [0.15, 0.2) is 48.5 Å². The standard InChI is InChI=1S/C26H34FNO3/c1-2-3-4-5-8-17-30-23-15-13-21(14-16-23)26(29)28(20-24-11-9-18-31-24)19-22-10-6-7-12-25(22)27/h6-7,10,12-16,24H,2-5,8-9,11,17-20H2,1H3. The van der Waals surface area contributed by atoms with Crippen molar-refractivity contribution in [3.8, 4) is 5.75 Å².